The highest BCUT2D eigenvalue weighted by Crippen LogP contribution is 2.05. The van der Waals surface area contributed by atoms with Gasteiger partial charge in [-0.15, -0.1) is 0 Å². The third-order valence-corrected chi connectivity index (χ3v) is 3.59. The molecule has 0 fully saturated rings. The summed E-state index contributed by atoms with van der Waals surface area (Å²) in [6.07, 6.45) is 0.526. The zero-order valence-corrected chi connectivity index (χ0v) is 14.0. The van der Waals surface area contributed by atoms with Crippen LogP contribution in [-0.4, -0.2) is 73.0 Å². The van der Waals surface area contributed by atoms with Crippen LogP contribution in [0.3, 0.4) is 0 Å². The highest BCUT2D eigenvalue weighted by atomic mass is 16.5. The summed E-state index contributed by atoms with van der Waals surface area (Å²) >= 11 is 0. The van der Waals surface area contributed by atoms with Crippen molar-refractivity contribution >= 4 is 11.9 Å². The zero-order chi connectivity index (χ0) is 17.8. The number of amides is 1. The van der Waals surface area contributed by atoms with E-state index in [9.17, 15) is 9.59 Å². The van der Waals surface area contributed by atoms with Gasteiger partial charge in [0.2, 0.25) is 5.91 Å². The van der Waals surface area contributed by atoms with E-state index in [-0.39, 0.29) is 25.5 Å². The van der Waals surface area contributed by atoms with Gasteiger partial charge in [0, 0.05) is 32.5 Å². The van der Waals surface area contributed by atoms with Crippen LogP contribution in [0.25, 0.3) is 0 Å². The van der Waals surface area contributed by atoms with Gasteiger partial charge in [0.05, 0.1) is 20.3 Å². The number of ether oxygens (including phenoxy) is 1. The van der Waals surface area contributed by atoms with Crippen LogP contribution in [0.15, 0.2) is 30.3 Å². The molecule has 0 spiro atoms. The fraction of sp³-hybridized carbons (Fsp3) is 0.529. The molecule has 134 valence electrons. The Balaban J connectivity index is 2.56. The van der Waals surface area contributed by atoms with Crippen LogP contribution in [0.4, 0.5) is 0 Å². The highest BCUT2D eigenvalue weighted by molar-refractivity contribution is 5.84. The maximum atomic E-state index is 12.1. The summed E-state index contributed by atoms with van der Waals surface area (Å²) in [5.74, 6) is -0.767. The first-order valence-electron chi connectivity index (χ1n) is 7.96. The molecule has 1 aromatic rings. The van der Waals surface area contributed by atoms with Crippen LogP contribution in [-0.2, 0) is 20.7 Å². The van der Waals surface area contributed by atoms with Crippen molar-refractivity contribution in [3.8, 4) is 0 Å². The molecular formula is C17H26N2O5. The number of nitrogens with zero attached hydrogens (tertiary/aromatic N) is 1. The second-order valence-corrected chi connectivity index (χ2v) is 5.37. The summed E-state index contributed by atoms with van der Waals surface area (Å²) in [6.45, 7) is 1.09. The summed E-state index contributed by atoms with van der Waals surface area (Å²) < 4.78 is 4.76. The number of esters is 1. The van der Waals surface area contributed by atoms with Gasteiger partial charge in [-0.25, -0.2) is 4.79 Å². The van der Waals surface area contributed by atoms with Gasteiger partial charge in [-0.1, -0.05) is 30.3 Å². The first kappa shape index (κ1) is 20.1. The quantitative estimate of drug-likeness (QED) is 0.473. The molecule has 0 heterocycles. The number of nitrogens with one attached hydrogen (secondary N) is 1. The highest BCUT2D eigenvalue weighted by Gasteiger charge is 2.22. The van der Waals surface area contributed by atoms with Crippen LogP contribution in [0.1, 0.15) is 12.0 Å². The van der Waals surface area contributed by atoms with Gasteiger partial charge in [0.15, 0.2) is 0 Å². The van der Waals surface area contributed by atoms with Crippen LogP contribution < -0.4 is 5.32 Å². The molecule has 0 radical (unpaired) electrons. The van der Waals surface area contributed by atoms with Crippen molar-refractivity contribution in [2.24, 2.45) is 0 Å². The van der Waals surface area contributed by atoms with Crippen molar-refractivity contribution in [2.75, 3.05) is 40.0 Å². The molecule has 0 bridgehead atoms. The van der Waals surface area contributed by atoms with E-state index >= 15 is 0 Å². The van der Waals surface area contributed by atoms with Gasteiger partial charge in [-0.05, 0) is 5.56 Å². The lowest BCUT2D eigenvalue weighted by molar-refractivity contribution is -0.145. The van der Waals surface area contributed by atoms with Crippen molar-refractivity contribution < 1.29 is 24.5 Å². The number of benzene rings is 1. The van der Waals surface area contributed by atoms with E-state index in [2.05, 4.69) is 5.32 Å². The van der Waals surface area contributed by atoms with E-state index in [0.29, 0.717) is 26.1 Å². The van der Waals surface area contributed by atoms with Gasteiger partial charge in [0.1, 0.15) is 6.04 Å². The Kier molecular flexibility index (Phi) is 9.67. The maximum Gasteiger partial charge on any atom is 0.328 e. The number of rotatable bonds is 11. The molecule has 1 amide bonds. The Morgan fingerprint density at radius 1 is 1.12 bits per heavy atom. The molecule has 0 aliphatic heterocycles. The van der Waals surface area contributed by atoms with E-state index in [0.717, 1.165) is 5.56 Å². The Bertz CT molecular complexity index is 489. The minimum Gasteiger partial charge on any atom is -0.467 e. The lowest BCUT2D eigenvalue weighted by atomic mass is 10.1. The molecule has 0 aromatic heterocycles. The monoisotopic (exact) mass is 338 g/mol. The largest absolute Gasteiger partial charge is 0.467 e. The molecule has 3 N–H and O–H groups in total. The van der Waals surface area contributed by atoms with E-state index < -0.39 is 12.0 Å². The summed E-state index contributed by atoms with van der Waals surface area (Å²) in [7, 11) is 1.29. The second-order valence-electron chi connectivity index (χ2n) is 5.37. The minimum absolute atomic E-state index is 0.0413. The van der Waals surface area contributed by atoms with Crippen molar-refractivity contribution in [1.82, 2.24) is 10.2 Å². The lowest BCUT2D eigenvalue weighted by Gasteiger charge is -2.21. The van der Waals surface area contributed by atoms with Crippen LogP contribution in [0.5, 0.6) is 0 Å². The van der Waals surface area contributed by atoms with E-state index in [4.69, 9.17) is 14.9 Å². The Labute approximate surface area is 142 Å². The van der Waals surface area contributed by atoms with E-state index in [1.165, 1.54) is 7.11 Å². The number of aliphatic hydroxyl groups excluding tert-OH is 2. The second kappa shape index (κ2) is 11.6. The Morgan fingerprint density at radius 3 is 2.29 bits per heavy atom. The summed E-state index contributed by atoms with van der Waals surface area (Å²) in [6, 6.07) is 8.64. The van der Waals surface area contributed by atoms with Crippen LogP contribution in [0, 0.1) is 0 Å². The number of carbonyl (C=O) groups excluding carboxylic acids is 2. The first-order chi connectivity index (χ1) is 11.6. The normalized spacial score (nSPS) is 12.0. The average Bonchev–Trinajstić information content (AvgIpc) is 2.59. The molecular weight excluding hydrogens is 312 g/mol. The lowest BCUT2D eigenvalue weighted by Crippen LogP contribution is -2.44. The summed E-state index contributed by atoms with van der Waals surface area (Å²) in [5, 5.41) is 20.6. The standard InChI is InChI=1S/C17H26N2O5/c1-24-17(23)15(13-14-5-3-2-4-6-14)18-16(22)7-8-19(9-11-20)10-12-21/h2-6,15,20-21H,7-13H2,1H3,(H,18,22)/t15-/m1/s1. The predicted octanol–water partition coefficient (Wildman–Crippen LogP) is -0.436. The topological polar surface area (TPSA) is 99.1 Å². The SMILES string of the molecule is COC(=O)[C@@H](Cc1ccccc1)NC(=O)CCN(CCO)CCO. The number of carbonyl (C=O) groups is 2. The number of aliphatic hydroxyl groups is 2. The van der Waals surface area contributed by atoms with Crippen molar-refractivity contribution in [3.05, 3.63) is 35.9 Å². The summed E-state index contributed by atoms with van der Waals surface area (Å²) in [4.78, 5) is 25.8. The molecule has 7 heteroatoms. The van der Waals surface area contributed by atoms with Gasteiger partial charge in [-0.3, -0.25) is 9.69 Å². The van der Waals surface area contributed by atoms with Gasteiger partial charge >= 0.3 is 5.97 Å². The molecule has 24 heavy (non-hydrogen) atoms. The number of hydrogen-bond donors (Lipinski definition) is 3. The number of methoxy groups -OCH3 is 1. The van der Waals surface area contributed by atoms with Gasteiger partial charge in [-0.2, -0.15) is 0 Å². The minimum atomic E-state index is -0.742. The Morgan fingerprint density at radius 2 is 1.75 bits per heavy atom. The van der Waals surface area contributed by atoms with Crippen molar-refractivity contribution in [3.63, 3.8) is 0 Å². The van der Waals surface area contributed by atoms with E-state index in [1.54, 1.807) is 4.90 Å². The molecule has 1 atom stereocenters. The fourth-order valence-corrected chi connectivity index (χ4v) is 2.33. The Hall–Kier alpha value is -1.96. The van der Waals surface area contributed by atoms with Gasteiger partial charge < -0.3 is 20.3 Å². The predicted molar refractivity (Wildman–Crippen MR) is 89.3 cm³/mol. The molecule has 0 saturated carbocycles. The molecule has 0 aliphatic carbocycles. The first-order valence-corrected chi connectivity index (χ1v) is 7.96. The molecule has 1 aromatic carbocycles. The van der Waals surface area contributed by atoms with Crippen LogP contribution >= 0.6 is 0 Å². The zero-order valence-electron chi connectivity index (χ0n) is 14.0. The summed E-state index contributed by atoms with van der Waals surface area (Å²) in [5.41, 5.74) is 0.926. The molecule has 0 aliphatic rings. The van der Waals surface area contributed by atoms with E-state index in [1.807, 2.05) is 30.3 Å². The third-order valence-electron chi connectivity index (χ3n) is 3.59. The molecule has 0 saturated heterocycles. The average molecular weight is 338 g/mol. The maximum absolute atomic E-state index is 12.1. The third kappa shape index (κ3) is 7.54. The molecule has 0 unspecified atom stereocenters. The van der Waals surface area contributed by atoms with Gasteiger partial charge in [0.25, 0.3) is 0 Å². The molecule has 7 nitrogen and oxygen atoms in total. The molecule has 1 rings (SSSR count). The smallest absolute Gasteiger partial charge is 0.328 e. The van der Waals surface area contributed by atoms with Crippen molar-refractivity contribution in [1.29, 1.82) is 0 Å². The number of hydrogen-bond acceptors (Lipinski definition) is 6. The fourth-order valence-electron chi connectivity index (χ4n) is 2.33. The van der Waals surface area contributed by atoms with Crippen LogP contribution in [0.2, 0.25) is 0 Å². The van der Waals surface area contributed by atoms with Crippen molar-refractivity contribution in [2.45, 2.75) is 18.9 Å².